The molecule has 0 amide bonds. The summed E-state index contributed by atoms with van der Waals surface area (Å²) in [7, 11) is 0. The molecule has 0 atom stereocenters. The van der Waals surface area contributed by atoms with Crippen LogP contribution in [-0.2, 0) is 0 Å². The first kappa shape index (κ1) is 36.3. The zero-order chi connectivity index (χ0) is 35.0. The van der Waals surface area contributed by atoms with E-state index in [0.29, 0.717) is 25.9 Å². The van der Waals surface area contributed by atoms with Crippen molar-refractivity contribution in [3.05, 3.63) is 122 Å². The van der Waals surface area contributed by atoms with Gasteiger partial charge >= 0.3 is 0 Å². The van der Waals surface area contributed by atoms with E-state index in [0.717, 1.165) is 37.5 Å². The fourth-order valence-corrected chi connectivity index (χ4v) is 5.44. The van der Waals surface area contributed by atoms with Crippen LogP contribution in [0, 0.1) is 44.2 Å². The lowest BCUT2D eigenvalue weighted by Gasteiger charge is -2.01. The van der Waals surface area contributed by atoms with E-state index in [1.165, 1.54) is 42.5 Å². The summed E-state index contributed by atoms with van der Waals surface area (Å²) < 4.78 is 2.16. The molecular formula is C28H25Br3N10O6. The molecule has 6 aromatic rings. The molecule has 0 aliphatic rings. The van der Waals surface area contributed by atoms with E-state index in [9.17, 15) is 30.3 Å². The maximum atomic E-state index is 10.5. The summed E-state index contributed by atoms with van der Waals surface area (Å²) in [6.07, 6.45) is 3.30. The van der Waals surface area contributed by atoms with Crippen LogP contribution in [0.1, 0.15) is 11.1 Å². The number of H-pyrrole nitrogens is 2. The van der Waals surface area contributed by atoms with Crippen LogP contribution in [0.2, 0.25) is 0 Å². The summed E-state index contributed by atoms with van der Waals surface area (Å²) in [5.41, 5.74) is 21.9. The molecule has 6 rings (SSSR count). The molecule has 0 bridgehead atoms. The molecule has 0 fully saturated rings. The second kappa shape index (κ2) is 15.9. The van der Waals surface area contributed by atoms with Gasteiger partial charge in [-0.2, -0.15) is 10.2 Å². The molecule has 16 nitrogen and oxygen atoms in total. The summed E-state index contributed by atoms with van der Waals surface area (Å²) in [5.74, 6) is 0. The summed E-state index contributed by atoms with van der Waals surface area (Å²) in [4.78, 5) is 29.7. The number of aryl methyl sites for hydroxylation is 2. The summed E-state index contributed by atoms with van der Waals surface area (Å²) in [5, 5.41) is 46.1. The predicted molar refractivity (Wildman–Crippen MR) is 191 cm³/mol. The van der Waals surface area contributed by atoms with Gasteiger partial charge in [-0.25, -0.2) is 0 Å². The Labute approximate surface area is 290 Å². The number of anilines is 3. The fourth-order valence-electron chi connectivity index (χ4n) is 3.76. The Bertz CT molecular complexity index is 2080. The van der Waals surface area contributed by atoms with E-state index in [4.69, 9.17) is 17.2 Å². The first-order valence-electron chi connectivity index (χ1n) is 12.9. The van der Waals surface area contributed by atoms with Crippen LogP contribution in [0.25, 0.3) is 21.8 Å². The number of nitrogens with zero attached hydrogens (tertiary/aromatic N) is 5. The first-order valence-corrected chi connectivity index (χ1v) is 15.3. The van der Waals surface area contributed by atoms with E-state index in [1.54, 1.807) is 26.2 Å². The van der Waals surface area contributed by atoms with Crippen molar-refractivity contribution in [3.63, 3.8) is 0 Å². The molecule has 0 aliphatic heterocycles. The number of aromatic amines is 2. The van der Waals surface area contributed by atoms with Crippen LogP contribution < -0.4 is 17.2 Å². The Morgan fingerprint density at radius 3 is 1.60 bits per heavy atom. The Kier molecular flexibility index (Phi) is 12.3. The van der Waals surface area contributed by atoms with Crippen molar-refractivity contribution in [2.45, 2.75) is 13.8 Å². The maximum absolute atomic E-state index is 10.5. The van der Waals surface area contributed by atoms with Gasteiger partial charge in [0, 0.05) is 73.2 Å². The zero-order valence-corrected chi connectivity index (χ0v) is 29.2. The smallest absolute Gasteiger partial charge is 0.271 e. The molecule has 4 aromatic carbocycles. The fraction of sp³-hybridized carbons (Fsp3) is 0.0714. The Balaban J connectivity index is 0.000000171. The third-order valence-corrected chi connectivity index (χ3v) is 8.12. The molecule has 0 saturated heterocycles. The van der Waals surface area contributed by atoms with Crippen LogP contribution in [0.4, 0.5) is 34.1 Å². The van der Waals surface area contributed by atoms with Gasteiger partial charge in [0.15, 0.2) is 0 Å². The second-order valence-corrected chi connectivity index (χ2v) is 12.1. The molecule has 244 valence electrons. The van der Waals surface area contributed by atoms with Crippen molar-refractivity contribution in [3.8, 4) is 0 Å². The number of nitro groups is 3. The van der Waals surface area contributed by atoms with Crippen molar-refractivity contribution in [2.75, 3.05) is 17.2 Å². The number of halogens is 3. The molecule has 8 N–H and O–H groups in total. The van der Waals surface area contributed by atoms with Gasteiger partial charge < -0.3 is 17.2 Å². The lowest BCUT2D eigenvalue weighted by atomic mass is 10.2. The molecular weight excluding hydrogens is 812 g/mol. The number of non-ortho nitro benzene ring substituents is 3. The number of nitrogen functional groups attached to an aromatic ring is 3. The second-order valence-electron chi connectivity index (χ2n) is 9.57. The quantitative estimate of drug-likeness (QED) is 0.0650. The highest BCUT2D eigenvalue weighted by Gasteiger charge is 2.11. The van der Waals surface area contributed by atoms with Gasteiger partial charge in [0.25, 0.3) is 17.1 Å². The number of nitro benzene ring substituents is 3. The molecule has 2 aromatic heterocycles. The number of fused-ring (bicyclic) bond motifs is 2. The van der Waals surface area contributed by atoms with E-state index in [1.807, 2.05) is 12.1 Å². The zero-order valence-electron chi connectivity index (χ0n) is 24.4. The van der Waals surface area contributed by atoms with Gasteiger partial charge in [-0.15, -0.1) is 0 Å². The van der Waals surface area contributed by atoms with E-state index >= 15 is 0 Å². The molecule has 0 saturated carbocycles. The predicted octanol–water partition coefficient (Wildman–Crippen LogP) is 7.87. The minimum absolute atomic E-state index is 0.0496. The summed E-state index contributed by atoms with van der Waals surface area (Å²) in [6.45, 7) is 3.47. The average molecular weight is 837 g/mol. The normalized spacial score (nSPS) is 10.1. The minimum atomic E-state index is -0.447. The van der Waals surface area contributed by atoms with Gasteiger partial charge in [-0.05, 0) is 91.0 Å². The van der Waals surface area contributed by atoms with Gasteiger partial charge in [0.2, 0.25) is 0 Å². The summed E-state index contributed by atoms with van der Waals surface area (Å²) in [6, 6.07) is 13.9. The molecule has 0 spiro atoms. The van der Waals surface area contributed by atoms with Crippen LogP contribution in [0.5, 0.6) is 0 Å². The van der Waals surface area contributed by atoms with Crippen LogP contribution in [-0.4, -0.2) is 35.2 Å². The van der Waals surface area contributed by atoms with Crippen molar-refractivity contribution in [2.24, 2.45) is 0 Å². The molecule has 47 heavy (non-hydrogen) atoms. The van der Waals surface area contributed by atoms with Crippen molar-refractivity contribution in [1.29, 1.82) is 0 Å². The largest absolute Gasteiger partial charge is 0.399 e. The highest BCUT2D eigenvalue weighted by Crippen LogP contribution is 2.29. The highest BCUT2D eigenvalue weighted by molar-refractivity contribution is 9.11. The van der Waals surface area contributed by atoms with Gasteiger partial charge in [0.05, 0.1) is 42.7 Å². The topological polar surface area (TPSA) is 265 Å². The Hall–Kier alpha value is -5.14. The lowest BCUT2D eigenvalue weighted by molar-refractivity contribution is -0.385. The molecule has 0 aliphatic carbocycles. The SMILES string of the molecule is Cc1cc([N+](=O)[O-])cc(Br)c1N.Cc1cc([N+](=O)[O-])ccc1N.Nc1cc(Br)c2[nH]ncc2c1.O=[N+]([O-])c1cc(Br)c2[nH]ncc2c1. The number of aromatic nitrogens is 4. The van der Waals surface area contributed by atoms with Crippen LogP contribution >= 0.6 is 47.8 Å². The van der Waals surface area contributed by atoms with Crippen molar-refractivity contribution in [1.82, 2.24) is 20.4 Å². The van der Waals surface area contributed by atoms with Gasteiger partial charge in [0.1, 0.15) is 0 Å². The number of nitrogens with one attached hydrogen (secondary N) is 2. The minimum Gasteiger partial charge on any atom is -0.399 e. The summed E-state index contributed by atoms with van der Waals surface area (Å²) >= 11 is 9.73. The highest BCUT2D eigenvalue weighted by atomic mass is 79.9. The van der Waals surface area contributed by atoms with Gasteiger partial charge in [-0.1, -0.05) is 0 Å². The third kappa shape index (κ3) is 9.67. The first-order chi connectivity index (χ1) is 22.1. The van der Waals surface area contributed by atoms with Crippen molar-refractivity contribution >= 4 is 104 Å². The monoisotopic (exact) mass is 834 g/mol. The third-order valence-electron chi connectivity index (χ3n) is 6.22. The molecule has 2 heterocycles. The Morgan fingerprint density at radius 1 is 0.617 bits per heavy atom. The lowest BCUT2D eigenvalue weighted by Crippen LogP contribution is -1.94. The van der Waals surface area contributed by atoms with E-state index < -0.39 is 14.8 Å². The maximum Gasteiger partial charge on any atom is 0.271 e. The van der Waals surface area contributed by atoms with Crippen LogP contribution in [0.15, 0.2) is 80.4 Å². The molecule has 0 unspecified atom stereocenters. The van der Waals surface area contributed by atoms with Crippen LogP contribution in [0.3, 0.4) is 0 Å². The van der Waals surface area contributed by atoms with Crippen molar-refractivity contribution < 1.29 is 14.8 Å². The standard InChI is InChI=1S/C7H4BrN3O2.C7H6BrN3.C7H7BrN2O2.C7H8N2O2/c8-6-2-5(11(12)13)1-4-3-9-10-7(4)6;8-6-2-5(9)1-4-3-10-11-7(4)6;1-4-2-5(10(11)12)3-6(8)7(4)9;1-5-4-6(9(10)11)2-3-7(5)8/h1-3H,(H,9,10);1-3H,9H2,(H,10,11);2-3H,9H2,1H3;2-4H,8H2,1H3. The molecule has 0 radical (unpaired) electrons. The average Bonchev–Trinajstić information content (AvgIpc) is 3.68. The Morgan fingerprint density at radius 2 is 1.09 bits per heavy atom. The number of hydrogen-bond donors (Lipinski definition) is 5. The molecule has 19 heteroatoms. The number of benzene rings is 4. The number of nitrogens with two attached hydrogens (primary N) is 3. The van der Waals surface area contributed by atoms with E-state index in [2.05, 4.69) is 68.2 Å². The van der Waals surface area contributed by atoms with E-state index in [-0.39, 0.29) is 17.1 Å². The number of hydrogen-bond acceptors (Lipinski definition) is 11. The van der Waals surface area contributed by atoms with Gasteiger partial charge in [-0.3, -0.25) is 40.5 Å². The number of rotatable bonds is 3.